The van der Waals surface area contributed by atoms with Crippen molar-refractivity contribution < 1.29 is 0 Å². The smallest absolute Gasteiger partial charge is 0.221 e. The summed E-state index contributed by atoms with van der Waals surface area (Å²) in [6, 6.07) is 1.94. The van der Waals surface area contributed by atoms with Gasteiger partial charge in [-0.25, -0.2) is 4.98 Å². The van der Waals surface area contributed by atoms with Crippen LogP contribution in [0.4, 0.5) is 11.8 Å². The number of nitrogens with two attached hydrogens (primary N) is 1. The van der Waals surface area contributed by atoms with Crippen LogP contribution in [0.15, 0.2) is 12.3 Å². The van der Waals surface area contributed by atoms with Gasteiger partial charge in [0.1, 0.15) is 5.82 Å². The summed E-state index contributed by atoms with van der Waals surface area (Å²) in [6.45, 7) is 4.45. The van der Waals surface area contributed by atoms with E-state index in [4.69, 9.17) is 5.73 Å². The van der Waals surface area contributed by atoms with Gasteiger partial charge in [0.2, 0.25) is 5.95 Å². The average molecular weight is 206 g/mol. The van der Waals surface area contributed by atoms with Crippen LogP contribution >= 0.6 is 0 Å². The lowest BCUT2D eigenvalue weighted by Gasteiger charge is -2.33. The molecule has 1 aromatic heterocycles. The molecule has 0 amide bonds. The lowest BCUT2D eigenvalue weighted by atomic mass is 9.96. The molecule has 1 atom stereocenters. The van der Waals surface area contributed by atoms with Crippen LogP contribution in [-0.4, -0.2) is 23.1 Å². The molecule has 1 aliphatic heterocycles. The number of hydrogen-bond acceptors (Lipinski definition) is 4. The van der Waals surface area contributed by atoms with E-state index in [9.17, 15) is 0 Å². The van der Waals surface area contributed by atoms with Crippen LogP contribution in [0.1, 0.15) is 26.2 Å². The summed E-state index contributed by atoms with van der Waals surface area (Å²) in [5.74, 6) is 2.14. The Morgan fingerprint density at radius 3 is 3.20 bits per heavy atom. The third-order valence-electron chi connectivity index (χ3n) is 3.08. The van der Waals surface area contributed by atoms with Crippen molar-refractivity contribution in [3.05, 3.63) is 12.3 Å². The Bertz CT molecular complexity index is 326. The molecule has 1 fully saturated rings. The molecule has 4 heteroatoms. The molecule has 1 aliphatic rings. The van der Waals surface area contributed by atoms with E-state index in [0.717, 1.165) is 24.8 Å². The highest BCUT2D eigenvalue weighted by Crippen LogP contribution is 2.23. The number of hydrogen-bond donors (Lipinski definition) is 1. The zero-order valence-electron chi connectivity index (χ0n) is 9.19. The summed E-state index contributed by atoms with van der Waals surface area (Å²) in [5.41, 5.74) is 5.58. The van der Waals surface area contributed by atoms with Gasteiger partial charge < -0.3 is 10.6 Å². The van der Waals surface area contributed by atoms with Gasteiger partial charge in [-0.2, -0.15) is 4.98 Å². The molecule has 82 valence electrons. The summed E-state index contributed by atoms with van der Waals surface area (Å²) >= 11 is 0. The molecule has 0 aromatic carbocycles. The highest BCUT2D eigenvalue weighted by Gasteiger charge is 2.19. The molecule has 2 rings (SSSR count). The van der Waals surface area contributed by atoms with Gasteiger partial charge in [-0.05, 0) is 24.8 Å². The lowest BCUT2D eigenvalue weighted by molar-refractivity contribution is 0.403. The average Bonchev–Trinajstić information content (AvgIpc) is 2.29. The normalized spacial score (nSPS) is 21.7. The fourth-order valence-electron chi connectivity index (χ4n) is 2.15. The molecule has 0 saturated carbocycles. The minimum Gasteiger partial charge on any atom is -0.368 e. The van der Waals surface area contributed by atoms with E-state index < -0.39 is 0 Å². The summed E-state index contributed by atoms with van der Waals surface area (Å²) in [4.78, 5) is 10.5. The third-order valence-corrected chi connectivity index (χ3v) is 3.08. The number of anilines is 2. The van der Waals surface area contributed by atoms with Crippen LogP contribution in [-0.2, 0) is 0 Å². The van der Waals surface area contributed by atoms with Crippen LogP contribution in [0, 0.1) is 5.92 Å². The first kappa shape index (κ1) is 10.2. The van der Waals surface area contributed by atoms with Gasteiger partial charge in [-0.3, -0.25) is 0 Å². The van der Waals surface area contributed by atoms with Crippen molar-refractivity contribution in [3.63, 3.8) is 0 Å². The molecule has 15 heavy (non-hydrogen) atoms. The number of aromatic nitrogens is 2. The van der Waals surface area contributed by atoms with Crippen molar-refractivity contribution in [1.82, 2.24) is 9.97 Å². The van der Waals surface area contributed by atoms with Crippen molar-refractivity contribution in [1.29, 1.82) is 0 Å². The zero-order chi connectivity index (χ0) is 10.7. The summed E-state index contributed by atoms with van der Waals surface area (Å²) in [6.07, 6.45) is 5.57. The van der Waals surface area contributed by atoms with Gasteiger partial charge >= 0.3 is 0 Å². The Kier molecular flexibility index (Phi) is 3.04. The number of rotatable bonds is 2. The van der Waals surface area contributed by atoms with Crippen LogP contribution in [0.3, 0.4) is 0 Å². The van der Waals surface area contributed by atoms with Gasteiger partial charge in [0.25, 0.3) is 0 Å². The van der Waals surface area contributed by atoms with Crippen LogP contribution < -0.4 is 10.6 Å². The summed E-state index contributed by atoms with van der Waals surface area (Å²) in [5, 5.41) is 0. The standard InChI is InChI=1S/C11H18N4/c1-2-9-4-3-7-15(8-9)10-5-6-13-11(12)14-10/h5-6,9H,2-4,7-8H2,1H3,(H2,12,13,14). The van der Waals surface area contributed by atoms with Crippen molar-refractivity contribution in [2.24, 2.45) is 5.92 Å². The van der Waals surface area contributed by atoms with Gasteiger partial charge in [0.05, 0.1) is 0 Å². The van der Waals surface area contributed by atoms with Crippen molar-refractivity contribution in [2.75, 3.05) is 23.7 Å². The number of nitrogens with zero attached hydrogens (tertiary/aromatic N) is 3. The second kappa shape index (κ2) is 4.47. The Morgan fingerprint density at radius 2 is 2.47 bits per heavy atom. The Labute approximate surface area is 90.5 Å². The maximum atomic E-state index is 5.58. The first-order valence-corrected chi connectivity index (χ1v) is 5.63. The molecule has 0 spiro atoms. The Balaban J connectivity index is 2.09. The largest absolute Gasteiger partial charge is 0.368 e. The summed E-state index contributed by atoms with van der Waals surface area (Å²) in [7, 11) is 0. The predicted octanol–water partition coefficient (Wildman–Crippen LogP) is 1.69. The first-order chi connectivity index (χ1) is 7.29. The SMILES string of the molecule is CCC1CCCN(c2ccnc(N)n2)C1. The van der Waals surface area contributed by atoms with E-state index in [1.165, 1.54) is 19.3 Å². The van der Waals surface area contributed by atoms with Gasteiger partial charge in [0.15, 0.2) is 0 Å². The quantitative estimate of drug-likeness (QED) is 0.800. The van der Waals surface area contributed by atoms with Gasteiger partial charge in [-0.1, -0.05) is 13.3 Å². The monoisotopic (exact) mass is 206 g/mol. The Hall–Kier alpha value is -1.32. The third kappa shape index (κ3) is 2.37. The molecule has 4 nitrogen and oxygen atoms in total. The molecule has 2 heterocycles. The second-order valence-corrected chi connectivity index (χ2v) is 4.14. The van der Waals surface area contributed by atoms with Crippen LogP contribution in [0.2, 0.25) is 0 Å². The second-order valence-electron chi connectivity index (χ2n) is 4.14. The van der Waals surface area contributed by atoms with Gasteiger partial charge in [0, 0.05) is 19.3 Å². The summed E-state index contributed by atoms with van der Waals surface area (Å²) < 4.78 is 0. The molecular formula is C11H18N4. The van der Waals surface area contributed by atoms with Crippen molar-refractivity contribution in [3.8, 4) is 0 Å². The zero-order valence-corrected chi connectivity index (χ0v) is 9.19. The molecule has 1 unspecified atom stereocenters. The predicted molar refractivity (Wildman–Crippen MR) is 61.7 cm³/mol. The fourth-order valence-corrected chi connectivity index (χ4v) is 2.15. The van der Waals surface area contributed by atoms with E-state index in [2.05, 4.69) is 21.8 Å². The molecule has 0 bridgehead atoms. The topological polar surface area (TPSA) is 55.0 Å². The molecular weight excluding hydrogens is 188 g/mol. The molecule has 0 aliphatic carbocycles. The minimum absolute atomic E-state index is 0.367. The van der Waals surface area contributed by atoms with E-state index in [0.29, 0.717) is 5.95 Å². The van der Waals surface area contributed by atoms with Crippen LogP contribution in [0.25, 0.3) is 0 Å². The van der Waals surface area contributed by atoms with E-state index in [-0.39, 0.29) is 0 Å². The Morgan fingerprint density at radius 1 is 1.60 bits per heavy atom. The fraction of sp³-hybridized carbons (Fsp3) is 0.636. The van der Waals surface area contributed by atoms with E-state index in [1.807, 2.05) is 6.07 Å². The highest BCUT2D eigenvalue weighted by atomic mass is 15.2. The maximum absolute atomic E-state index is 5.58. The number of piperidine rings is 1. The number of nitrogen functional groups attached to an aromatic ring is 1. The maximum Gasteiger partial charge on any atom is 0.221 e. The lowest BCUT2D eigenvalue weighted by Crippen LogP contribution is -2.35. The van der Waals surface area contributed by atoms with Gasteiger partial charge in [-0.15, -0.1) is 0 Å². The molecule has 1 aromatic rings. The first-order valence-electron chi connectivity index (χ1n) is 5.63. The van der Waals surface area contributed by atoms with Crippen molar-refractivity contribution >= 4 is 11.8 Å². The van der Waals surface area contributed by atoms with E-state index >= 15 is 0 Å². The van der Waals surface area contributed by atoms with Crippen molar-refractivity contribution in [2.45, 2.75) is 26.2 Å². The van der Waals surface area contributed by atoms with E-state index in [1.54, 1.807) is 6.20 Å². The highest BCUT2D eigenvalue weighted by molar-refractivity contribution is 5.41. The minimum atomic E-state index is 0.367. The molecule has 2 N–H and O–H groups in total. The molecule has 0 radical (unpaired) electrons. The molecule has 1 saturated heterocycles. The van der Waals surface area contributed by atoms with Crippen LogP contribution in [0.5, 0.6) is 0 Å².